The van der Waals surface area contributed by atoms with Crippen LogP contribution in [0.3, 0.4) is 0 Å². The zero-order valence-corrected chi connectivity index (χ0v) is 10.9. The van der Waals surface area contributed by atoms with Crippen LogP contribution in [0.4, 0.5) is 4.79 Å². The predicted octanol–water partition coefficient (Wildman–Crippen LogP) is 1.58. The molecule has 1 rings (SSSR count). The van der Waals surface area contributed by atoms with Crippen LogP contribution in [-0.2, 0) is 4.74 Å². The highest BCUT2D eigenvalue weighted by molar-refractivity contribution is 9.10. The lowest BCUT2D eigenvalue weighted by Crippen LogP contribution is -2.29. The van der Waals surface area contributed by atoms with Gasteiger partial charge in [-0.1, -0.05) is 22.0 Å². The minimum atomic E-state index is -0.849. The first-order chi connectivity index (χ1) is 8.02. The Hall–Kier alpha value is -1.56. The Kier molecular flexibility index (Phi) is 4.96. The smallest absolute Gasteiger partial charge is 0.404 e. The van der Waals surface area contributed by atoms with E-state index in [0.717, 1.165) is 10.0 Å². The Morgan fingerprint density at radius 1 is 1.47 bits per heavy atom. The molecule has 0 spiro atoms. The van der Waals surface area contributed by atoms with Crippen molar-refractivity contribution >= 4 is 27.9 Å². The molecule has 0 aliphatic carbocycles. The Balaban J connectivity index is 2.53. The lowest BCUT2D eigenvalue weighted by molar-refractivity contribution is 0.0936. The van der Waals surface area contributed by atoms with Gasteiger partial charge in [0.15, 0.2) is 0 Å². The summed E-state index contributed by atoms with van der Waals surface area (Å²) < 4.78 is 5.37. The summed E-state index contributed by atoms with van der Waals surface area (Å²) in [4.78, 5) is 22.1. The highest BCUT2D eigenvalue weighted by atomic mass is 79.9. The zero-order valence-electron chi connectivity index (χ0n) is 9.33. The summed E-state index contributed by atoms with van der Waals surface area (Å²) in [5.41, 5.74) is 6.23. The van der Waals surface area contributed by atoms with E-state index in [1.807, 2.05) is 13.0 Å². The van der Waals surface area contributed by atoms with Gasteiger partial charge in [0, 0.05) is 10.0 Å². The van der Waals surface area contributed by atoms with Gasteiger partial charge in [0.1, 0.15) is 6.61 Å². The second-order valence-corrected chi connectivity index (χ2v) is 4.19. The number of nitrogens with one attached hydrogen (secondary N) is 1. The van der Waals surface area contributed by atoms with Gasteiger partial charge in [0.25, 0.3) is 5.91 Å². The molecule has 2 amide bonds. The first-order valence-electron chi connectivity index (χ1n) is 4.98. The molecule has 0 saturated heterocycles. The van der Waals surface area contributed by atoms with E-state index in [0.29, 0.717) is 5.56 Å². The fourth-order valence-corrected chi connectivity index (χ4v) is 1.63. The van der Waals surface area contributed by atoms with Gasteiger partial charge < -0.3 is 15.8 Å². The summed E-state index contributed by atoms with van der Waals surface area (Å²) in [6.07, 6.45) is -0.849. The molecule has 17 heavy (non-hydrogen) atoms. The molecule has 5 nitrogen and oxygen atoms in total. The van der Waals surface area contributed by atoms with Crippen molar-refractivity contribution in [3.05, 3.63) is 33.8 Å². The maximum Gasteiger partial charge on any atom is 0.404 e. The zero-order chi connectivity index (χ0) is 12.8. The molecule has 0 fully saturated rings. The number of amides is 2. The van der Waals surface area contributed by atoms with Gasteiger partial charge in [0.2, 0.25) is 0 Å². The van der Waals surface area contributed by atoms with E-state index in [2.05, 4.69) is 26.0 Å². The average Bonchev–Trinajstić information content (AvgIpc) is 2.27. The normalized spacial score (nSPS) is 9.76. The summed E-state index contributed by atoms with van der Waals surface area (Å²) in [5.74, 6) is -0.211. The molecule has 1 aromatic carbocycles. The van der Waals surface area contributed by atoms with E-state index in [1.54, 1.807) is 12.1 Å². The highest BCUT2D eigenvalue weighted by Gasteiger charge is 2.09. The second-order valence-electron chi connectivity index (χ2n) is 3.34. The molecule has 0 bridgehead atoms. The van der Waals surface area contributed by atoms with Gasteiger partial charge in [-0.05, 0) is 24.6 Å². The molecule has 0 aliphatic rings. The van der Waals surface area contributed by atoms with Gasteiger partial charge in [0.05, 0.1) is 6.54 Å². The van der Waals surface area contributed by atoms with Crippen molar-refractivity contribution in [1.29, 1.82) is 0 Å². The van der Waals surface area contributed by atoms with Crippen LogP contribution in [0.5, 0.6) is 0 Å². The number of benzene rings is 1. The van der Waals surface area contributed by atoms with Crippen LogP contribution in [0.15, 0.2) is 22.7 Å². The number of carbonyl (C=O) groups excluding carboxylic acids is 2. The molecule has 1 aromatic rings. The van der Waals surface area contributed by atoms with E-state index < -0.39 is 6.09 Å². The Bertz CT molecular complexity index is 435. The number of rotatable bonds is 4. The van der Waals surface area contributed by atoms with Crippen LogP contribution in [0, 0.1) is 6.92 Å². The molecule has 6 heteroatoms. The Labute approximate surface area is 107 Å². The topological polar surface area (TPSA) is 81.4 Å². The number of carbonyl (C=O) groups is 2. The molecule has 0 saturated carbocycles. The van der Waals surface area contributed by atoms with Crippen molar-refractivity contribution < 1.29 is 14.3 Å². The summed E-state index contributed by atoms with van der Waals surface area (Å²) in [7, 11) is 0. The number of nitrogens with two attached hydrogens (primary N) is 1. The van der Waals surface area contributed by atoms with Crippen molar-refractivity contribution in [2.24, 2.45) is 5.73 Å². The van der Waals surface area contributed by atoms with E-state index in [1.165, 1.54) is 0 Å². The number of hydrogen-bond acceptors (Lipinski definition) is 3. The third kappa shape index (κ3) is 4.07. The number of primary amides is 1. The summed E-state index contributed by atoms with van der Waals surface area (Å²) in [6, 6.07) is 5.37. The molecule has 0 aliphatic heterocycles. The Morgan fingerprint density at radius 2 is 2.18 bits per heavy atom. The van der Waals surface area contributed by atoms with Crippen LogP contribution in [0.2, 0.25) is 0 Å². The number of ether oxygens (including phenoxy) is 1. The first-order valence-corrected chi connectivity index (χ1v) is 5.77. The first kappa shape index (κ1) is 13.5. The van der Waals surface area contributed by atoms with Gasteiger partial charge in [-0.3, -0.25) is 4.79 Å². The van der Waals surface area contributed by atoms with Crippen molar-refractivity contribution in [3.63, 3.8) is 0 Å². The van der Waals surface area contributed by atoms with Crippen LogP contribution in [0.1, 0.15) is 15.9 Å². The molecule has 0 unspecified atom stereocenters. The summed E-state index contributed by atoms with van der Waals surface area (Å²) in [6.45, 7) is 2.14. The molecular weight excluding hydrogens is 288 g/mol. The SMILES string of the molecule is Cc1c(Br)cccc1C(=O)NCCOC(N)=O. The Morgan fingerprint density at radius 3 is 2.82 bits per heavy atom. The minimum absolute atomic E-state index is 0.0636. The fourth-order valence-electron chi connectivity index (χ4n) is 1.26. The molecular formula is C11H13BrN2O3. The van der Waals surface area contributed by atoms with Gasteiger partial charge in [-0.15, -0.1) is 0 Å². The predicted molar refractivity (Wildman–Crippen MR) is 66.7 cm³/mol. The maximum atomic E-state index is 11.8. The molecule has 3 N–H and O–H groups in total. The standard InChI is InChI=1S/C11H13BrN2O3/c1-7-8(3-2-4-9(7)12)10(15)14-5-6-17-11(13)16/h2-4H,5-6H2,1H3,(H2,13,16)(H,14,15). The van der Waals surface area contributed by atoms with Crippen molar-refractivity contribution in [3.8, 4) is 0 Å². The van der Waals surface area contributed by atoms with Crippen molar-refractivity contribution in [2.45, 2.75) is 6.92 Å². The van der Waals surface area contributed by atoms with Gasteiger partial charge in [-0.2, -0.15) is 0 Å². The number of hydrogen-bond donors (Lipinski definition) is 2. The molecule has 92 valence electrons. The maximum absolute atomic E-state index is 11.8. The van der Waals surface area contributed by atoms with E-state index in [4.69, 9.17) is 5.73 Å². The van der Waals surface area contributed by atoms with Crippen LogP contribution in [0.25, 0.3) is 0 Å². The molecule has 0 atom stereocenters. The van der Waals surface area contributed by atoms with Crippen LogP contribution < -0.4 is 11.1 Å². The highest BCUT2D eigenvalue weighted by Crippen LogP contribution is 2.19. The van der Waals surface area contributed by atoms with E-state index in [9.17, 15) is 9.59 Å². The number of halogens is 1. The van der Waals surface area contributed by atoms with E-state index >= 15 is 0 Å². The quantitative estimate of drug-likeness (QED) is 0.828. The van der Waals surface area contributed by atoms with Crippen molar-refractivity contribution in [1.82, 2.24) is 5.32 Å². The monoisotopic (exact) mass is 300 g/mol. The van der Waals surface area contributed by atoms with Gasteiger partial charge >= 0.3 is 6.09 Å². The third-order valence-corrected chi connectivity index (χ3v) is 3.00. The van der Waals surface area contributed by atoms with Crippen LogP contribution >= 0.6 is 15.9 Å². The average molecular weight is 301 g/mol. The second kappa shape index (κ2) is 6.24. The molecule has 0 radical (unpaired) electrons. The van der Waals surface area contributed by atoms with Gasteiger partial charge in [-0.25, -0.2) is 4.79 Å². The summed E-state index contributed by atoms with van der Waals surface area (Å²) >= 11 is 3.35. The summed E-state index contributed by atoms with van der Waals surface area (Å²) in [5, 5.41) is 2.63. The fraction of sp³-hybridized carbons (Fsp3) is 0.273. The minimum Gasteiger partial charge on any atom is -0.448 e. The molecule has 0 heterocycles. The molecule has 0 aromatic heterocycles. The lowest BCUT2D eigenvalue weighted by atomic mass is 10.1. The van der Waals surface area contributed by atoms with Crippen molar-refractivity contribution in [2.75, 3.05) is 13.2 Å². The van der Waals surface area contributed by atoms with E-state index in [-0.39, 0.29) is 19.1 Å². The third-order valence-electron chi connectivity index (χ3n) is 2.14. The largest absolute Gasteiger partial charge is 0.448 e. The van der Waals surface area contributed by atoms with Crippen LogP contribution in [-0.4, -0.2) is 25.2 Å². The lowest BCUT2D eigenvalue weighted by Gasteiger charge is -2.08.